The summed E-state index contributed by atoms with van der Waals surface area (Å²) in [6, 6.07) is 0.267. The number of hydrogen-bond acceptors (Lipinski definition) is 3. The van der Waals surface area contributed by atoms with Crippen LogP contribution in [0.5, 0.6) is 0 Å². The van der Waals surface area contributed by atoms with E-state index < -0.39 is 35.4 Å². The fourth-order valence-electron chi connectivity index (χ4n) is 2.51. The van der Waals surface area contributed by atoms with Crippen molar-refractivity contribution in [2.75, 3.05) is 5.32 Å². The molecule has 2 aromatic heterocycles. The van der Waals surface area contributed by atoms with Gasteiger partial charge in [-0.15, -0.1) is 0 Å². The first-order chi connectivity index (χ1) is 13.3. The first-order valence-corrected chi connectivity index (χ1v) is 8.46. The van der Waals surface area contributed by atoms with Crippen molar-refractivity contribution in [2.24, 2.45) is 0 Å². The highest BCUT2D eigenvalue weighted by atomic mass is 35.5. The number of nitrogens with zero attached hydrogens (tertiary/aromatic N) is 4. The molecular formula is C17H14ClF4N5O. The number of amides is 1. The smallest absolute Gasteiger partial charge is 0.226 e. The van der Waals surface area contributed by atoms with Crippen molar-refractivity contribution in [3.8, 4) is 0 Å². The summed E-state index contributed by atoms with van der Waals surface area (Å²) < 4.78 is 56.4. The Morgan fingerprint density at radius 3 is 2.57 bits per heavy atom. The number of aromatic nitrogens is 4. The molecule has 28 heavy (non-hydrogen) atoms. The number of rotatable bonds is 6. The predicted octanol–water partition coefficient (Wildman–Crippen LogP) is 3.67. The Kier molecular flexibility index (Phi) is 5.68. The van der Waals surface area contributed by atoms with Gasteiger partial charge in [0.1, 0.15) is 5.82 Å². The molecule has 6 nitrogen and oxygen atoms in total. The highest BCUT2D eigenvalue weighted by molar-refractivity contribution is 6.31. The van der Waals surface area contributed by atoms with Crippen LogP contribution in [0.2, 0.25) is 5.02 Å². The van der Waals surface area contributed by atoms with Gasteiger partial charge in [-0.05, 0) is 6.92 Å². The number of aryl methyl sites for hydroxylation is 1. The van der Waals surface area contributed by atoms with Crippen LogP contribution in [-0.2, 0) is 17.9 Å². The Morgan fingerprint density at radius 2 is 1.89 bits per heavy atom. The number of benzene rings is 1. The van der Waals surface area contributed by atoms with E-state index in [-0.39, 0.29) is 24.1 Å². The van der Waals surface area contributed by atoms with Gasteiger partial charge in [0.25, 0.3) is 0 Å². The third-order valence-corrected chi connectivity index (χ3v) is 4.41. The van der Waals surface area contributed by atoms with E-state index in [0.29, 0.717) is 11.6 Å². The van der Waals surface area contributed by atoms with Crippen molar-refractivity contribution < 1.29 is 22.4 Å². The molecule has 0 unspecified atom stereocenters. The van der Waals surface area contributed by atoms with Crippen molar-refractivity contribution in [3.05, 3.63) is 64.2 Å². The largest absolute Gasteiger partial charge is 0.323 e. The van der Waals surface area contributed by atoms with E-state index in [1.807, 2.05) is 0 Å². The molecular weight excluding hydrogens is 402 g/mol. The molecule has 0 aliphatic heterocycles. The maximum atomic E-state index is 13.7. The van der Waals surface area contributed by atoms with Crippen LogP contribution in [0.3, 0.4) is 0 Å². The van der Waals surface area contributed by atoms with Crippen LogP contribution >= 0.6 is 11.6 Å². The lowest BCUT2D eigenvalue weighted by Crippen LogP contribution is -2.15. The van der Waals surface area contributed by atoms with Crippen LogP contribution in [0.4, 0.5) is 23.2 Å². The monoisotopic (exact) mass is 415 g/mol. The van der Waals surface area contributed by atoms with Gasteiger partial charge in [0, 0.05) is 24.2 Å². The van der Waals surface area contributed by atoms with Gasteiger partial charge in [0.2, 0.25) is 5.91 Å². The van der Waals surface area contributed by atoms with Gasteiger partial charge in [-0.3, -0.25) is 14.2 Å². The van der Waals surface area contributed by atoms with E-state index in [1.54, 1.807) is 11.6 Å². The average molecular weight is 416 g/mol. The Bertz CT molecular complexity index is 1030. The molecule has 2 heterocycles. The zero-order valence-electron chi connectivity index (χ0n) is 14.5. The first-order valence-electron chi connectivity index (χ1n) is 8.08. The molecule has 0 saturated heterocycles. The molecule has 0 aliphatic carbocycles. The average Bonchev–Trinajstić information content (AvgIpc) is 3.22. The van der Waals surface area contributed by atoms with Gasteiger partial charge in [0.05, 0.1) is 41.9 Å². The number of hydrogen-bond donors (Lipinski definition) is 1. The summed E-state index contributed by atoms with van der Waals surface area (Å²) in [7, 11) is 0. The van der Waals surface area contributed by atoms with Gasteiger partial charge in [0.15, 0.2) is 17.5 Å². The third kappa shape index (κ3) is 4.16. The van der Waals surface area contributed by atoms with E-state index in [0.717, 1.165) is 10.4 Å². The zero-order valence-corrected chi connectivity index (χ0v) is 15.3. The van der Waals surface area contributed by atoms with Gasteiger partial charge in [-0.1, -0.05) is 11.6 Å². The third-order valence-electron chi connectivity index (χ3n) is 4.04. The fourth-order valence-corrected chi connectivity index (χ4v) is 2.65. The van der Waals surface area contributed by atoms with Crippen LogP contribution in [0.25, 0.3) is 0 Å². The van der Waals surface area contributed by atoms with Crippen molar-refractivity contribution >= 4 is 23.2 Å². The molecule has 148 valence electrons. The first kappa shape index (κ1) is 19.9. The molecule has 11 heteroatoms. The fraction of sp³-hybridized carbons (Fsp3) is 0.235. The summed E-state index contributed by atoms with van der Waals surface area (Å²) in [5, 5.41) is 11.0. The Balaban J connectivity index is 1.62. The lowest BCUT2D eigenvalue weighted by Gasteiger charge is -2.07. The van der Waals surface area contributed by atoms with Gasteiger partial charge in [-0.2, -0.15) is 10.2 Å². The molecule has 3 rings (SSSR count). The van der Waals surface area contributed by atoms with E-state index in [1.165, 1.54) is 18.6 Å². The van der Waals surface area contributed by atoms with Crippen molar-refractivity contribution in [3.63, 3.8) is 0 Å². The molecule has 1 amide bonds. The van der Waals surface area contributed by atoms with Crippen LogP contribution in [-0.4, -0.2) is 25.5 Å². The summed E-state index contributed by atoms with van der Waals surface area (Å²) in [5.74, 6) is -6.56. The molecule has 0 aliphatic rings. The second-order valence-electron chi connectivity index (χ2n) is 5.97. The van der Waals surface area contributed by atoms with E-state index in [2.05, 4.69) is 15.5 Å². The minimum Gasteiger partial charge on any atom is -0.323 e. The highest BCUT2D eigenvalue weighted by Gasteiger charge is 2.19. The van der Waals surface area contributed by atoms with Crippen molar-refractivity contribution in [1.82, 2.24) is 19.6 Å². The van der Waals surface area contributed by atoms with Crippen LogP contribution in [0.15, 0.2) is 24.7 Å². The number of carbonyl (C=O) groups excluding carboxylic acids is 1. The number of anilines is 1. The SMILES string of the molecule is Cc1c(Cl)cnn1CCC(=O)Nc1cnn(Cc2c(F)cc(F)c(F)c2F)c1. The van der Waals surface area contributed by atoms with Crippen LogP contribution < -0.4 is 5.32 Å². The van der Waals surface area contributed by atoms with Gasteiger partial charge >= 0.3 is 0 Å². The number of nitrogens with one attached hydrogen (secondary N) is 1. The Morgan fingerprint density at radius 1 is 1.14 bits per heavy atom. The van der Waals surface area contributed by atoms with Gasteiger partial charge < -0.3 is 5.32 Å². The molecule has 1 aromatic carbocycles. The minimum absolute atomic E-state index is 0.108. The standard InChI is InChI=1S/C17H14ClF4N5O/c1-9-12(18)6-24-27(9)3-2-15(28)25-10-5-23-26(7-10)8-11-13(19)4-14(20)17(22)16(11)21/h4-7H,2-3,8H2,1H3,(H,25,28). The summed E-state index contributed by atoms with van der Waals surface area (Å²) in [6.45, 7) is 1.60. The zero-order chi connectivity index (χ0) is 20.4. The summed E-state index contributed by atoms with van der Waals surface area (Å²) in [6.07, 6.45) is 4.17. The van der Waals surface area contributed by atoms with Crippen molar-refractivity contribution in [2.45, 2.75) is 26.4 Å². The summed E-state index contributed by atoms with van der Waals surface area (Å²) in [4.78, 5) is 12.0. The lowest BCUT2D eigenvalue weighted by atomic mass is 10.2. The Labute approximate surface area is 161 Å². The number of halogens is 5. The second kappa shape index (κ2) is 8.01. The van der Waals surface area contributed by atoms with Crippen molar-refractivity contribution in [1.29, 1.82) is 0 Å². The van der Waals surface area contributed by atoms with E-state index in [9.17, 15) is 22.4 Å². The second-order valence-corrected chi connectivity index (χ2v) is 6.38. The molecule has 0 atom stereocenters. The maximum absolute atomic E-state index is 13.7. The number of carbonyl (C=O) groups is 1. The topological polar surface area (TPSA) is 64.7 Å². The summed E-state index contributed by atoms with van der Waals surface area (Å²) >= 11 is 5.89. The van der Waals surface area contributed by atoms with Gasteiger partial charge in [-0.25, -0.2) is 17.6 Å². The van der Waals surface area contributed by atoms with Crippen LogP contribution in [0, 0.1) is 30.2 Å². The molecule has 0 bridgehead atoms. The quantitative estimate of drug-likeness (QED) is 0.379. The molecule has 0 spiro atoms. The minimum atomic E-state index is -1.76. The molecule has 3 aromatic rings. The van der Waals surface area contributed by atoms with E-state index >= 15 is 0 Å². The normalized spacial score (nSPS) is 11.1. The Hall–Kier alpha value is -2.88. The summed E-state index contributed by atoms with van der Waals surface area (Å²) in [5.41, 5.74) is 0.340. The molecule has 1 N–H and O–H groups in total. The lowest BCUT2D eigenvalue weighted by molar-refractivity contribution is -0.116. The maximum Gasteiger partial charge on any atom is 0.226 e. The van der Waals surface area contributed by atoms with E-state index in [4.69, 9.17) is 11.6 Å². The predicted molar refractivity (Wildman–Crippen MR) is 92.8 cm³/mol. The molecule has 0 radical (unpaired) electrons. The van der Waals surface area contributed by atoms with Crippen LogP contribution in [0.1, 0.15) is 17.7 Å². The molecule has 0 saturated carbocycles. The highest BCUT2D eigenvalue weighted by Crippen LogP contribution is 2.20. The molecule has 0 fully saturated rings.